The van der Waals surface area contributed by atoms with E-state index in [4.69, 9.17) is 0 Å². The zero-order chi connectivity index (χ0) is 21.6. The Labute approximate surface area is 173 Å². The molecule has 30 heavy (non-hydrogen) atoms. The van der Waals surface area contributed by atoms with Gasteiger partial charge in [-0.05, 0) is 56.4 Å². The molecule has 1 fully saturated rings. The lowest BCUT2D eigenvalue weighted by atomic mass is 9.83. The molecular weight excluding hydrogens is 385 g/mol. The molecular formula is C24H24FNO4. The number of aromatic hydroxyl groups is 1. The van der Waals surface area contributed by atoms with Crippen LogP contribution in [0.25, 0.3) is 10.9 Å². The van der Waals surface area contributed by atoms with Crippen molar-refractivity contribution in [3.05, 3.63) is 64.6 Å². The number of halogens is 1. The molecule has 1 unspecified atom stereocenters. The van der Waals surface area contributed by atoms with Crippen LogP contribution in [0.4, 0.5) is 4.39 Å². The van der Waals surface area contributed by atoms with Crippen molar-refractivity contribution in [2.45, 2.75) is 45.4 Å². The molecule has 1 aromatic heterocycles. The van der Waals surface area contributed by atoms with E-state index in [0.717, 1.165) is 37.3 Å². The first-order valence-corrected chi connectivity index (χ1v) is 10.2. The zero-order valence-electron chi connectivity index (χ0n) is 17.0. The standard InChI is InChI=1S/C24H24FNO4/c1-13-7-9-16(10-8-13)23(28)26-14(2)21(17-11-20(27)18(25)12-19(17)26)22(24(29)30)15-5-3-4-6-15/h7-12,15,22,27H,3-6H2,1-2H3,(H,29,30). The van der Waals surface area contributed by atoms with Crippen molar-refractivity contribution < 1.29 is 24.2 Å². The summed E-state index contributed by atoms with van der Waals surface area (Å²) in [5.74, 6) is -3.59. The summed E-state index contributed by atoms with van der Waals surface area (Å²) in [6.07, 6.45) is 3.52. The third-order valence-corrected chi connectivity index (χ3v) is 6.27. The van der Waals surface area contributed by atoms with E-state index < -0.39 is 23.5 Å². The van der Waals surface area contributed by atoms with Gasteiger partial charge in [-0.1, -0.05) is 30.5 Å². The van der Waals surface area contributed by atoms with Gasteiger partial charge in [-0.2, -0.15) is 0 Å². The van der Waals surface area contributed by atoms with Crippen LogP contribution in [0.3, 0.4) is 0 Å². The Kier molecular flexibility index (Phi) is 5.10. The largest absolute Gasteiger partial charge is 0.505 e. The predicted octanol–water partition coefficient (Wildman–Crippen LogP) is 5.15. The van der Waals surface area contributed by atoms with Crippen LogP contribution in [0.15, 0.2) is 36.4 Å². The van der Waals surface area contributed by atoms with Crippen LogP contribution < -0.4 is 0 Å². The highest BCUT2D eigenvalue weighted by molar-refractivity contribution is 6.05. The zero-order valence-corrected chi connectivity index (χ0v) is 17.0. The number of hydrogen-bond acceptors (Lipinski definition) is 3. The molecule has 0 aliphatic heterocycles. The molecule has 2 aromatic carbocycles. The predicted molar refractivity (Wildman–Crippen MR) is 112 cm³/mol. The number of carboxylic acids is 1. The summed E-state index contributed by atoms with van der Waals surface area (Å²) in [7, 11) is 0. The van der Waals surface area contributed by atoms with Crippen LogP contribution in [-0.2, 0) is 4.79 Å². The quantitative estimate of drug-likeness (QED) is 0.625. The fourth-order valence-electron chi connectivity index (χ4n) is 4.78. The minimum absolute atomic E-state index is 0.0538. The molecule has 0 bridgehead atoms. The van der Waals surface area contributed by atoms with Gasteiger partial charge in [0.25, 0.3) is 5.91 Å². The second-order valence-corrected chi connectivity index (χ2v) is 8.19. The molecule has 1 saturated carbocycles. The van der Waals surface area contributed by atoms with Gasteiger partial charge < -0.3 is 10.2 Å². The number of carbonyl (C=O) groups excluding carboxylic acids is 1. The number of aryl methyl sites for hydroxylation is 1. The van der Waals surface area contributed by atoms with E-state index in [9.17, 15) is 24.2 Å². The average Bonchev–Trinajstić information content (AvgIpc) is 3.31. The molecule has 1 atom stereocenters. The highest BCUT2D eigenvalue weighted by atomic mass is 19.1. The van der Waals surface area contributed by atoms with Crippen molar-refractivity contribution in [3.8, 4) is 5.75 Å². The second kappa shape index (κ2) is 7.59. The summed E-state index contributed by atoms with van der Waals surface area (Å²) in [5, 5.41) is 20.5. The average molecular weight is 409 g/mol. The maximum absolute atomic E-state index is 14.3. The minimum Gasteiger partial charge on any atom is -0.505 e. The lowest BCUT2D eigenvalue weighted by Crippen LogP contribution is -2.21. The number of phenolic OH excluding ortho intramolecular Hbond substituents is 1. The van der Waals surface area contributed by atoms with Crippen LogP contribution in [0.5, 0.6) is 5.75 Å². The Morgan fingerprint density at radius 3 is 2.33 bits per heavy atom. The number of carboxylic acid groups (broad SMARTS) is 1. The van der Waals surface area contributed by atoms with Gasteiger partial charge in [0, 0.05) is 22.7 Å². The van der Waals surface area contributed by atoms with E-state index in [1.807, 2.05) is 19.1 Å². The van der Waals surface area contributed by atoms with E-state index >= 15 is 0 Å². The van der Waals surface area contributed by atoms with E-state index in [0.29, 0.717) is 22.2 Å². The molecule has 0 amide bonds. The van der Waals surface area contributed by atoms with Gasteiger partial charge in [-0.15, -0.1) is 0 Å². The van der Waals surface area contributed by atoms with E-state index in [-0.39, 0.29) is 17.3 Å². The summed E-state index contributed by atoms with van der Waals surface area (Å²) in [6.45, 7) is 3.61. The first kappa shape index (κ1) is 20.1. The minimum atomic E-state index is -0.962. The summed E-state index contributed by atoms with van der Waals surface area (Å²) in [6, 6.07) is 9.40. The summed E-state index contributed by atoms with van der Waals surface area (Å²) in [5.41, 5.74) is 2.66. The lowest BCUT2D eigenvalue weighted by molar-refractivity contribution is -0.140. The molecule has 1 aliphatic carbocycles. The van der Waals surface area contributed by atoms with Crippen LogP contribution >= 0.6 is 0 Å². The monoisotopic (exact) mass is 409 g/mol. The molecule has 5 nitrogen and oxygen atoms in total. The van der Waals surface area contributed by atoms with E-state index in [1.54, 1.807) is 19.1 Å². The molecule has 1 aliphatic rings. The Morgan fingerprint density at radius 2 is 1.73 bits per heavy atom. The molecule has 2 N–H and O–H groups in total. The number of carbonyl (C=O) groups is 2. The molecule has 0 radical (unpaired) electrons. The first-order valence-electron chi connectivity index (χ1n) is 10.2. The van der Waals surface area contributed by atoms with Gasteiger partial charge >= 0.3 is 5.97 Å². The maximum Gasteiger partial charge on any atom is 0.311 e. The van der Waals surface area contributed by atoms with Gasteiger partial charge in [0.1, 0.15) is 0 Å². The van der Waals surface area contributed by atoms with Crippen LogP contribution in [0.1, 0.15) is 58.8 Å². The van der Waals surface area contributed by atoms with E-state index in [2.05, 4.69) is 0 Å². The molecule has 6 heteroatoms. The molecule has 156 valence electrons. The van der Waals surface area contributed by atoms with Gasteiger partial charge in [0.2, 0.25) is 0 Å². The topological polar surface area (TPSA) is 79.5 Å². The number of nitrogens with zero attached hydrogens (tertiary/aromatic N) is 1. The SMILES string of the molecule is Cc1ccc(C(=O)n2c(C)c(C(C(=O)O)C3CCCC3)c3cc(O)c(F)cc32)cc1. The molecule has 4 rings (SSSR count). The highest BCUT2D eigenvalue weighted by Gasteiger charge is 2.36. The number of benzene rings is 2. The maximum atomic E-state index is 14.3. The van der Waals surface area contributed by atoms with Crippen molar-refractivity contribution in [2.24, 2.45) is 5.92 Å². The van der Waals surface area contributed by atoms with Gasteiger partial charge in [0.05, 0.1) is 11.4 Å². The van der Waals surface area contributed by atoms with Crippen molar-refractivity contribution in [1.82, 2.24) is 4.57 Å². The second-order valence-electron chi connectivity index (χ2n) is 8.19. The Bertz CT molecular complexity index is 1140. The Morgan fingerprint density at radius 1 is 1.10 bits per heavy atom. The fourth-order valence-corrected chi connectivity index (χ4v) is 4.78. The lowest BCUT2D eigenvalue weighted by Gasteiger charge is -2.20. The van der Waals surface area contributed by atoms with Crippen LogP contribution in [0.2, 0.25) is 0 Å². The molecule has 3 aromatic rings. The molecule has 0 saturated heterocycles. The van der Waals surface area contributed by atoms with Crippen LogP contribution in [-0.4, -0.2) is 26.7 Å². The normalized spacial score (nSPS) is 15.6. The number of aromatic nitrogens is 1. The van der Waals surface area contributed by atoms with Crippen LogP contribution in [0, 0.1) is 25.6 Å². The third-order valence-electron chi connectivity index (χ3n) is 6.27. The number of phenols is 1. The van der Waals surface area contributed by atoms with Crippen molar-refractivity contribution in [3.63, 3.8) is 0 Å². The summed E-state index contributed by atoms with van der Waals surface area (Å²) >= 11 is 0. The Hall–Kier alpha value is -3.15. The first-order chi connectivity index (χ1) is 14.3. The number of rotatable bonds is 4. The Balaban J connectivity index is 1.98. The molecule has 1 heterocycles. The van der Waals surface area contributed by atoms with Crippen molar-refractivity contribution in [2.75, 3.05) is 0 Å². The van der Waals surface area contributed by atoms with Gasteiger partial charge in [0.15, 0.2) is 11.6 Å². The highest BCUT2D eigenvalue weighted by Crippen LogP contribution is 2.43. The van der Waals surface area contributed by atoms with Gasteiger partial charge in [-0.25, -0.2) is 4.39 Å². The number of fused-ring (bicyclic) bond motifs is 1. The van der Waals surface area contributed by atoms with E-state index in [1.165, 1.54) is 10.6 Å². The third kappa shape index (κ3) is 3.26. The number of hydrogen-bond donors (Lipinski definition) is 2. The fraction of sp³-hybridized carbons (Fsp3) is 0.333. The molecule has 0 spiro atoms. The summed E-state index contributed by atoms with van der Waals surface area (Å²) in [4.78, 5) is 25.6. The summed E-state index contributed by atoms with van der Waals surface area (Å²) < 4.78 is 15.6. The number of aliphatic carboxylic acids is 1. The smallest absolute Gasteiger partial charge is 0.311 e. The van der Waals surface area contributed by atoms with Crippen molar-refractivity contribution >= 4 is 22.8 Å². The van der Waals surface area contributed by atoms with Crippen molar-refractivity contribution in [1.29, 1.82) is 0 Å². The van der Waals surface area contributed by atoms with Gasteiger partial charge in [-0.3, -0.25) is 14.2 Å².